The Bertz CT molecular complexity index is 667. The van der Waals surface area contributed by atoms with E-state index in [0.717, 1.165) is 16.7 Å². The van der Waals surface area contributed by atoms with Gasteiger partial charge < -0.3 is 0 Å². The van der Waals surface area contributed by atoms with Gasteiger partial charge in [-0.1, -0.05) is 18.2 Å². The van der Waals surface area contributed by atoms with Crippen LogP contribution in [0.5, 0.6) is 0 Å². The maximum atomic E-state index is 4.60. The minimum Gasteiger partial charge on any atom is -0.298 e. The second-order valence-corrected chi connectivity index (χ2v) is 3.97. The molecule has 3 aromatic rings. The number of rotatable bonds is 2. The number of nitrogens with zero attached hydrogens (tertiary/aromatic N) is 4. The van der Waals surface area contributed by atoms with E-state index in [1.54, 1.807) is 18.5 Å². The molecule has 88 valence electrons. The van der Waals surface area contributed by atoms with Crippen LogP contribution in [0.15, 0.2) is 54.9 Å². The molecule has 0 fully saturated rings. The van der Waals surface area contributed by atoms with Crippen LogP contribution in [0.2, 0.25) is 0 Å². The first-order valence-corrected chi connectivity index (χ1v) is 5.71. The maximum Gasteiger partial charge on any atom is 0.230 e. The van der Waals surface area contributed by atoms with Crippen LogP contribution in [0, 0.1) is 0 Å². The summed E-state index contributed by atoms with van der Waals surface area (Å²) in [4.78, 5) is 14.9. The van der Waals surface area contributed by atoms with Crippen molar-refractivity contribution >= 4 is 22.7 Å². The van der Waals surface area contributed by atoms with Crippen molar-refractivity contribution < 1.29 is 0 Å². The molecular weight excluding hydrogens is 224 g/mol. The minimum atomic E-state index is 0.639. The van der Waals surface area contributed by atoms with Gasteiger partial charge in [0.25, 0.3) is 0 Å². The van der Waals surface area contributed by atoms with Crippen molar-refractivity contribution in [2.75, 3.05) is 11.9 Å². The smallest absolute Gasteiger partial charge is 0.230 e. The number of para-hydroxylation sites is 1. The van der Waals surface area contributed by atoms with Crippen LogP contribution in [0.4, 0.5) is 11.8 Å². The van der Waals surface area contributed by atoms with Crippen molar-refractivity contribution in [1.29, 1.82) is 0 Å². The lowest BCUT2D eigenvalue weighted by Crippen LogP contribution is -2.13. The van der Waals surface area contributed by atoms with E-state index < -0.39 is 0 Å². The van der Waals surface area contributed by atoms with E-state index in [4.69, 9.17) is 0 Å². The van der Waals surface area contributed by atoms with Crippen LogP contribution in [0.1, 0.15) is 0 Å². The number of fused-ring (bicyclic) bond motifs is 1. The molecule has 0 spiro atoms. The van der Waals surface area contributed by atoms with Crippen molar-refractivity contribution in [3.05, 3.63) is 54.9 Å². The Hall–Kier alpha value is -2.49. The molecule has 0 aliphatic rings. The molecule has 0 bridgehead atoms. The molecule has 0 atom stereocenters. The lowest BCUT2D eigenvalue weighted by molar-refractivity contribution is 1.02. The second kappa shape index (κ2) is 4.41. The summed E-state index contributed by atoms with van der Waals surface area (Å²) in [6, 6.07) is 13.9. The fourth-order valence-electron chi connectivity index (χ4n) is 1.81. The average molecular weight is 236 g/mol. The third-order valence-corrected chi connectivity index (χ3v) is 2.78. The third kappa shape index (κ3) is 1.88. The lowest BCUT2D eigenvalue weighted by Gasteiger charge is -2.15. The van der Waals surface area contributed by atoms with Gasteiger partial charge in [-0.2, -0.15) is 0 Å². The van der Waals surface area contributed by atoms with Crippen LogP contribution in [0.3, 0.4) is 0 Å². The molecular formula is C14H12N4. The first-order chi connectivity index (χ1) is 8.84. The SMILES string of the molecule is CN(c1ccc2ccccc2n1)c1ncccn1. The summed E-state index contributed by atoms with van der Waals surface area (Å²) in [6.07, 6.45) is 3.44. The summed E-state index contributed by atoms with van der Waals surface area (Å²) in [6.45, 7) is 0. The molecule has 0 saturated heterocycles. The Morgan fingerprint density at radius 1 is 0.889 bits per heavy atom. The monoisotopic (exact) mass is 236 g/mol. The topological polar surface area (TPSA) is 41.9 Å². The van der Waals surface area contributed by atoms with E-state index in [-0.39, 0.29) is 0 Å². The third-order valence-electron chi connectivity index (χ3n) is 2.78. The fraction of sp³-hybridized carbons (Fsp3) is 0.0714. The summed E-state index contributed by atoms with van der Waals surface area (Å²) in [5, 5.41) is 1.13. The number of hydrogen-bond donors (Lipinski definition) is 0. The lowest BCUT2D eigenvalue weighted by atomic mass is 10.2. The second-order valence-electron chi connectivity index (χ2n) is 3.97. The van der Waals surface area contributed by atoms with Gasteiger partial charge in [0.05, 0.1) is 5.52 Å². The van der Waals surface area contributed by atoms with Gasteiger partial charge in [0.2, 0.25) is 5.95 Å². The highest BCUT2D eigenvalue weighted by molar-refractivity contribution is 5.80. The highest BCUT2D eigenvalue weighted by Crippen LogP contribution is 2.20. The van der Waals surface area contributed by atoms with Crippen molar-refractivity contribution in [2.45, 2.75) is 0 Å². The van der Waals surface area contributed by atoms with E-state index in [9.17, 15) is 0 Å². The van der Waals surface area contributed by atoms with Gasteiger partial charge in [-0.25, -0.2) is 15.0 Å². The zero-order valence-corrected chi connectivity index (χ0v) is 9.99. The van der Waals surface area contributed by atoms with Crippen LogP contribution >= 0.6 is 0 Å². The van der Waals surface area contributed by atoms with Crippen molar-refractivity contribution in [1.82, 2.24) is 15.0 Å². The van der Waals surface area contributed by atoms with Crippen molar-refractivity contribution in [3.8, 4) is 0 Å². The standard InChI is InChI=1S/C14H12N4/c1-18(14-15-9-4-10-16-14)13-8-7-11-5-2-3-6-12(11)17-13/h2-10H,1H3. The van der Waals surface area contributed by atoms with E-state index in [1.165, 1.54) is 0 Å². The molecule has 3 rings (SSSR count). The van der Waals surface area contributed by atoms with Crippen molar-refractivity contribution in [3.63, 3.8) is 0 Å². The minimum absolute atomic E-state index is 0.639. The molecule has 1 aromatic carbocycles. The van der Waals surface area contributed by atoms with Gasteiger partial charge >= 0.3 is 0 Å². The summed E-state index contributed by atoms with van der Waals surface area (Å²) in [7, 11) is 1.91. The predicted octanol–water partition coefficient (Wildman–Crippen LogP) is 2.79. The molecule has 4 heteroatoms. The number of hydrogen-bond acceptors (Lipinski definition) is 4. The van der Waals surface area contributed by atoms with Gasteiger partial charge in [-0.05, 0) is 24.3 Å². The van der Waals surface area contributed by atoms with Gasteiger partial charge in [0.15, 0.2) is 0 Å². The van der Waals surface area contributed by atoms with Crippen molar-refractivity contribution in [2.24, 2.45) is 0 Å². The first-order valence-electron chi connectivity index (χ1n) is 5.71. The van der Waals surface area contributed by atoms with Crippen LogP contribution in [0.25, 0.3) is 10.9 Å². The molecule has 2 aromatic heterocycles. The molecule has 0 aliphatic carbocycles. The van der Waals surface area contributed by atoms with Crippen LogP contribution in [-0.4, -0.2) is 22.0 Å². The van der Waals surface area contributed by atoms with E-state index in [0.29, 0.717) is 5.95 Å². The van der Waals surface area contributed by atoms with Crippen LogP contribution in [-0.2, 0) is 0 Å². The van der Waals surface area contributed by atoms with Crippen LogP contribution < -0.4 is 4.90 Å². The zero-order valence-electron chi connectivity index (χ0n) is 9.99. The van der Waals surface area contributed by atoms with Gasteiger partial charge in [0.1, 0.15) is 5.82 Å². The van der Waals surface area contributed by atoms with Gasteiger partial charge in [0, 0.05) is 24.8 Å². The molecule has 0 radical (unpaired) electrons. The Morgan fingerprint density at radius 2 is 1.67 bits per heavy atom. The molecule has 2 heterocycles. The molecule has 18 heavy (non-hydrogen) atoms. The molecule has 4 nitrogen and oxygen atoms in total. The normalized spacial score (nSPS) is 10.5. The van der Waals surface area contributed by atoms with E-state index >= 15 is 0 Å². The molecule has 0 amide bonds. The average Bonchev–Trinajstić information content (AvgIpc) is 2.47. The summed E-state index contributed by atoms with van der Waals surface area (Å²) in [5.74, 6) is 1.47. The molecule has 0 aliphatic heterocycles. The summed E-state index contributed by atoms with van der Waals surface area (Å²) >= 11 is 0. The van der Waals surface area contributed by atoms with Gasteiger partial charge in [-0.3, -0.25) is 4.90 Å². The molecule has 0 saturated carbocycles. The molecule has 0 N–H and O–H groups in total. The summed E-state index contributed by atoms with van der Waals surface area (Å²) in [5.41, 5.74) is 0.970. The number of benzene rings is 1. The maximum absolute atomic E-state index is 4.60. The molecule has 0 unspecified atom stereocenters. The highest BCUT2D eigenvalue weighted by Gasteiger charge is 2.07. The van der Waals surface area contributed by atoms with Gasteiger partial charge in [-0.15, -0.1) is 0 Å². The number of anilines is 2. The van der Waals surface area contributed by atoms with E-state index in [2.05, 4.69) is 21.0 Å². The summed E-state index contributed by atoms with van der Waals surface area (Å²) < 4.78 is 0. The largest absolute Gasteiger partial charge is 0.298 e. The number of pyridine rings is 1. The Morgan fingerprint density at radius 3 is 2.50 bits per heavy atom. The highest BCUT2D eigenvalue weighted by atomic mass is 15.3. The fourth-order valence-corrected chi connectivity index (χ4v) is 1.81. The quantitative estimate of drug-likeness (QED) is 0.686. The number of aromatic nitrogens is 3. The zero-order chi connectivity index (χ0) is 12.4. The Labute approximate surface area is 105 Å². The van der Waals surface area contributed by atoms with E-state index in [1.807, 2.05) is 42.3 Å². The Kier molecular flexibility index (Phi) is 2.61. The first kappa shape index (κ1) is 10.7. The predicted molar refractivity (Wildman–Crippen MR) is 71.8 cm³/mol. The Balaban J connectivity index is 2.04.